The summed E-state index contributed by atoms with van der Waals surface area (Å²) in [5.74, 6) is 0. The topological polar surface area (TPSA) is 0 Å². The van der Waals surface area contributed by atoms with Gasteiger partial charge in [0.25, 0.3) is 0 Å². The maximum Gasteiger partial charge on any atom is 0.0397 e. The molecule has 2 heteroatoms. The lowest BCUT2D eigenvalue weighted by atomic mass is 10.4. The highest BCUT2D eigenvalue weighted by atomic mass is 32.2. The molecule has 0 radical (unpaired) electrons. The number of hydrogen-bond acceptors (Lipinski definition) is 2. The third-order valence-corrected chi connectivity index (χ3v) is 4.75. The van der Waals surface area contributed by atoms with Crippen molar-refractivity contribution in [3.8, 4) is 0 Å². The van der Waals surface area contributed by atoms with Crippen molar-refractivity contribution in [1.29, 1.82) is 0 Å². The van der Waals surface area contributed by atoms with Gasteiger partial charge in [-0.25, -0.2) is 0 Å². The second-order valence-electron chi connectivity index (χ2n) is 2.89. The number of thioether (sulfide) groups is 2. The summed E-state index contributed by atoms with van der Waals surface area (Å²) < 4.78 is 0. The van der Waals surface area contributed by atoms with Gasteiger partial charge in [-0.05, 0) is 12.8 Å². The van der Waals surface area contributed by atoms with E-state index in [1.54, 1.807) is 0 Å². The molecule has 0 fully saturated rings. The lowest BCUT2D eigenvalue weighted by Gasteiger charge is -2.10. The van der Waals surface area contributed by atoms with Crippen molar-refractivity contribution >= 4 is 23.5 Å². The van der Waals surface area contributed by atoms with Gasteiger partial charge in [-0.3, -0.25) is 0 Å². The van der Waals surface area contributed by atoms with Gasteiger partial charge < -0.3 is 0 Å². The van der Waals surface area contributed by atoms with Crippen LogP contribution in [0.1, 0.15) is 40.5 Å². The van der Waals surface area contributed by atoms with Crippen molar-refractivity contribution < 1.29 is 0 Å². The molecule has 11 heavy (non-hydrogen) atoms. The summed E-state index contributed by atoms with van der Waals surface area (Å²) in [7, 11) is 0. The Labute approximate surface area is 79.9 Å². The predicted molar refractivity (Wildman–Crippen MR) is 59.6 cm³/mol. The van der Waals surface area contributed by atoms with E-state index in [0.29, 0.717) is 0 Å². The first-order valence-corrected chi connectivity index (χ1v) is 6.53. The van der Waals surface area contributed by atoms with Gasteiger partial charge in [-0.2, -0.15) is 0 Å². The molecule has 0 N–H and O–H groups in total. The van der Waals surface area contributed by atoms with Gasteiger partial charge in [0.1, 0.15) is 0 Å². The van der Waals surface area contributed by atoms with Crippen molar-refractivity contribution in [1.82, 2.24) is 0 Å². The first-order valence-electron chi connectivity index (χ1n) is 4.43. The van der Waals surface area contributed by atoms with Gasteiger partial charge in [0.05, 0.1) is 0 Å². The molecule has 0 aliphatic carbocycles. The SMILES string of the molecule is CCC(C)SCSC(C)CC. The van der Waals surface area contributed by atoms with Crippen LogP contribution < -0.4 is 0 Å². The maximum atomic E-state index is 2.31. The Morgan fingerprint density at radius 3 is 1.55 bits per heavy atom. The Morgan fingerprint density at radius 2 is 1.27 bits per heavy atom. The normalized spacial score (nSPS) is 16.4. The zero-order valence-electron chi connectivity index (χ0n) is 8.09. The highest BCUT2D eigenvalue weighted by molar-refractivity contribution is 8.16. The van der Waals surface area contributed by atoms with Gasteiger partial charge in [0.15, 0.2) is 0 Å². The molecule has 68 valence electrons. The lowest BCUT2D eigenvalue weighted by Crippen LogP contribution is -1.97. The lowest BCUT2D eigenvalue weighted by molar-refractivity contribution is 0.903. The molecular formula is C9H20S2. The Kier molecular flexibility index (Phi) is 7.82. The fourth-order valence-electron chi connectivity index (χ4n) is 0.507. The van der Waals surface area contributed by atoms with Crippen LogP contribution in [0.3, 0.4) is 0 Å². The molecule has 0 heterocycles. The minimum Gasteiger partial charge on any atom is -0.148 e. The summed E-state index contributed by atoms with van der Waals surface area (Å²) >= 11 is 4.17. The predicted octanol–water partition coefficient (Wildman–Crippen LogP) is 4.01. The Hall–Kier alpha value is 0.700. The third-order valence-electron chi connectivity index (χ3n) is 1.85. The van der Waals surface area contributed by atoms with Gasteiger partial charge in [-0.1, -0.05) is 27.7 Å². The molecule has 0 aromatic heterocycles. The Bertz CT molecular complexity index is 73.6. The van der Waals surface area contributed by atoms with Crippen molar-refractivity contribution in [2.45, 2.75) is 51.0 Å². The van der Waals surface area contributed by atoms with E-state index in [1.165, 1.54) is 17.9 Å². The first kappa shape index (κ1) is 11.7. The molecule has 0 saturated heterocycles. The zero-order chi connectivity index (χ0) is 8.69. The van der Waals surface area contributed by atoms with Crippen molar-refractivity contribution in [2.24, 2.45) is 0 Å². The molecule has 0 rings (SSSR count). The monoisotopic (exact) mass is 192 g/mol. The van der Waals surface area contributed by atoms with E-state index in [-0.39, 0.29) is 0 Å². The quantitative estimate of drug-likeness (QED) is 0.583. The largest absolute Gasteiger partial charge is 0.148 e. The zero-order valence-corrected chi connectivity index (χ0v) is 9.73. The minimum atomic E-state index is 0.839. The van der Waals surface area contributed by atoms with Crippen LogP contribution in [-0.2, 0) is 0 Å². The van der Waals surface area contributed by atoms with Crippen molar-refractivity contribution in [3.63, 3.8) is 0 Å². The Balaban J connectivity index is 3.13. The number of hydrogen-bond donors (Lipinski definition) is 0. The second-order valence-corrected chi connectivity index (χ2v) is 6.11. The molecule has 0 aliphatic heterocycles. The maximum absolute atomic E-state index is 2.31. The summed E-state index contributed by atoms with van der Waals surface area (Å²) in [4.78, 5) is 0. The molecule has 2 atom stereocenters. The molecular weight excluding hydrogens is 172 g/mol. The van der Waals surface area contributed by atoms with Gasteiger partial charge in [0, 0.05) is 15.6 Å². The smallest absolute Gasteiger partial charge is 0.0397 e. The van der Waals surface area contributed by atoms with Crippen molar-refractivity contribution in [2.75, 3.05) is 5.08 Å². The second kappa shape index (κ2) is 7.35. The van der Waals surface area contributed by atoms with Crippen LogP contribution >= 0.6 is 23.5 Å². The van der Waals surface area contributed by atoms with Crippen LogP contribution in [0.5, 0.6) is 0 Å². The Morgan fingerprint density at radius 1 is 0.909 bits per heavy atom. The first-order chi connectivity index (χ1) is 5.20. The van der Waals surface area contributed by atoms with E-state index in [1.807, 2.05) is 0 Å². The van der Waals surface area contributed by atoms with Crippen LogP contribution in [0.2, 0.25) is 0 Å². The summed E-state index contributed by atoms with van der Waals surface area (Å²) in [6.45, 7) is 9.13. The van der Waals surface area contributed by atoms with Gasteiger partial charge >= 0.3 is 0 Å². The summed E-state index contributed by atoms with van der Waals surface area (Å²) in [6, 6.07) is 0. The average Bonchev–Trinajstić information content (AvgIpc) is 2.04. The van der Waals surface area contributed by atoms with E-state index in [9.17, 15) is 0 Å². The molecule has 0 nitrogen and oxygen atoms in total. The van der Waals surface area contributed by atoms with Crippen LogP contribution in [0.25, 0.3) is 0 Å². The molecule has 0 aromatic rings. The van der Waals surface area contributed by atoms with E-state index in [2.05, 4.69) is 51.2 Å². The highest BCUT2D eigenvalue weighted by Gasteiger charge is 2.01. The standard InChI is InChI=1S/C9H20S2/c1-5-8(3)10-7-11-9(4)6-2/h8-9H,5-7H2,1-4H3. The van der Waals surface area contributed by atoms with E-state index < -0.39 is 0 Å². The van der Waals surface area contributed by atoms with Gasteiger partial charge in [-0.15, -0.1) is 23.5 Å². The van der Waals surface area contributed by atoms with Crippen molar-refractivity contribution in [3.05, 3.63) is 0 Å². The van der Waals surface area contributed by atoms with E-state index in [4.69, 9.17) is 0 Å². The molecule has 0 aromatic carbocycles. The minimum absolute atomic E-state index is 0.839. The van der Waals surface area contributed by atoms with Crippen LogP contribution in [0.4, 0.5) is 0 Å². The summed E-state index contributed by atoms with van der Waals surface area (Å²) in [5.41, 5.74) is 0. The third kappa shape index (κ3) is 7.07. The summed E-state index contributed by atoms with van der Waals surface area (Å²) in [6.07, 6.45) is 2.59. The molecule has 2 unspecified atom stereocenters. The molecule has 0 spiro atoms. The number of rotatable bonds is 6. The molecule has 0 saturated carbocycles. The fourth-order valence-corrected chi connectivity index (χ4v) is 3.15. The average molecular weight is 192 g/mol. The molecule has 0 bridgehead atoms. The summed E-state index contributed by atoms with van der Waals surface area (Å²) in [5, 5.41) is 2.95. The van der Waals surface area contributed by atoms with Crippen LogP contribution in [0, 0.1) is 0 Å². The van der Waals surface area contributed by atoms with Crippen LogP contribution in [-0.4, -0.2) is 15.6 Å². The fraction of sp³-hybridized carbons (Fsp3) is 1.00. The molecule has 0 aliphatic rings. The van der Waals surface area contributed by atoms with E-state index in [0.717, 1.165) is 10.5 Å². The molecule has 0 amide bonds. The van der Waals surface area contributed by atoms with Crippen LogP contribution in [0.15, 0.2) is 0 Å². The van der Waals surface area contributed by atoms with Gasteiger partial charge in [0.2, 0.25) is 0 Å². The highest BCUT2D eigenvalue weighted by Crippen LogP contribution is 2.23. The van der Waals surface area contributed by atoms with E-state index >= 15 is 0 Å².